The summed E-state index contributed by atoms with van der Waals surface area (Å²) < 4.78 is 5.92. The number of rotatable bonds is 10. The molecule has 2 aromatic rings. The fraction of sp³-hybridized carbons (Fsp3) is 0.375. The SMILES string of the molecule is C=CCO[C@@H]1C[C@H](NC[C@H](O)[C@H](Cc2ccccc2)NC(=O)O)c2cc(C)ccc21. The number of carbonyl (C=O) groups is 1. The fourth-order valence-electron chi connectivity index (χ4n) is 4.01. The zero-order chi connectivity index (χ0) is 21.5. The highest BCUT2D eigenvalue weighted by atomic mass is 16.5. The topological polar surface area (TPSA) is 90.8 Å². The summed E-state index contributed by atoms with van der Waals surface area (Å²) in [5.74, 6) is 0. The molecule has 30 heavy (non-hydrogen) atoms. The number of nitrogens with one attached hydrogen (secondary N) is 2. The van der Waals surface area contributed by atoms with E-state index in [4.69, 9.17) is 4.74 Å². The minimum absolute atomic E-state index is 0.0227. The molecule has 0 saturated heterocycles. The van der Waals surface area contributed by atoms with Crippen LogP contribution < -0.4 is 10.6 Å². The van der Waals surface area contributed by atoms with Crippen molar-refractivity contribution >= 4 is 6.09 Å². The first-order chi connectivity index (χ1) is 14.5. The summed E-state index contributed by atoms with van der Waals surface area (Å²) in [6.07, 6.45) is 0.878. The second-order valence-electron chi connectivity index (χ2n) is 7.75. The zero-order valence-corrected chi connectivity index (χ0v) is 17.3. The van der Waals surface area contributed by atoms with E-state index in [1.165, 1.54) is 11.1 Å². The van der Waals surface area contributed by atoms with Crippen LogP contribution in [0.25, 0.3) is 0 Å². The molecule has 4 N–H and O–H groups in total. The molecular weight excluding hydrogens is 380 g/mol. The Morgan fingerprint density at radius 1 is 1.27 bits per heavy atom. The van der Waals surface area contributed by atoms with Crippen molar-refractivity contribution in [2.24, 2.45) is 0 Å². The number of carboxylic acid groups (broad SMARTS) is 1. The number of aryl methyl sites for hydroxylation is 1. The van der Waals surface area contributed by atoms with Gasteiger partial charge in [0, 0.05) is 12.6 Å². The van der Waals surface area contributed by atoms with E-state index in [-0.39, 0.29) is 18.7 Å². The van der Waals surface area contributed by atoms with Crippen molar-refractivity contribution in [3.05, 3.63) is 83.4 Å². The molecule has 0 spiro atoms. The van der Waals surface area contributed by atoms with Gasteiger partial charge >= 0.3 is 6.09 Å². The summed E-state index contributed by atoms with van der Waals surface area (Å²) in [4.78, 5) is 11.2. The number of aliphatic hydroxyl groups excluding tert-OH is 1. The Kier molecular flexibility index (Phi) is 7.63. The van der Waals surface area contributed by atoms with E-state index < -0.39 is 18.2 Å². The average molecular weight is 411 g/mol. The highest BCUT2D eigenvalue weighted by Gasteiger charge is 2.32. The van der Waals surface area contributed by atoms with Gasteiger partial charge in [-0.05, 0) is 36.5 Å². The summed E-state index contributed by atoms with van der Waals surface area (Å²) in [6, 6.07) is 15.3. The predicted octanol–water partition coefficient (Wildman–Crippen LogP) is 3.51. The molecule has 4 atom stereocenters. The molecule has 1 aliphatic rings. The van der Waals surface area contributed by atoms with E-state index in [2.05, 4.69) is 42.3 Å². The summed E-state index contributed by atoms with van der Waals surface area (Å²) in [6.45, 7) is 6.52. The summed E-state index contributed by atoms with van der Waals surface area (Å²) in [7, 11) is 0. The summed E-state index contributed by atoms with van der Waals surface area (Å²) in [5, 5.41) is 25.8. The van der Waals surface area contributed by atoms with Crippen molar-refractivity contribution in [2.75, 3.05) is 13.2 Å². The molecule has 0 heterocycles. The van der Waals surface area contributed by atoms with Crippen LogP contribution in [0.2, 0.25) is 0 Å². The number of benzene rings is 2. The van der Waals surface area contributed by atoms with Gasteiger partial charge in [-0.25, -0.2) is 4.79 Å². The maximum atomic E-state index is 11.2. The molecule has 0 radical (unpaired) electrons. The van der Waals surface area contributed by atoms with Crippen LogP contribution in [0.3, 0.4) is 0 Å². The molecule has 1 amide bonds. The Bertz CT molecular complexity index is 856. The monoisotopic (exact) mass is 410 g/mol. The van der Waals surface area contributed by atoms with Crippen molar-refractivity contribution in [3.8, 4) is 0 Å². The van der Waals surface area contributed by atoms with Gasteiger partial charge in [-0.2, -0.15) is 0 Å². The van der Waals surface area contributed by atoms with Crippen LogP contribution in [0.5, 0.6) is 0 Å². The lowest BCUT2D eigenvalue weighted by atomic mass is 10.0. The predicted molar refractivity (Wildman–Crippen MR) is 117 cm³/mol. The van der Waals surface area contributed by atoms with Crippen molar-refractivity contribution in [1.82, 2.24) is 10.6 Å². The molecule has 3 rings (SSSR count). The summed E-state index contributed by atoms with van der Waals surface area (Å²) in [5.41, 5.74) is 4.45. The third kappa shape index (κ3) is 5.69. The van der Waals surface area contributed by atoms with Crippen LogP contribution in [0, 0.1) is 6.92 Å². The molecule has 1 aliphatic carbocycles. The molecule has 0 unspecified atom stereocenters. The first-order valence-corrected chi connectivity index (χ1v) is 10.3. The van der Waals surface area contributed by atoms with E-state index in [1.807, 2.05) is 30.3 Å². The maximum Gasteiger partial charge on any atom is 0.404 e. The largest absolute Gasteiger partial charge is 0.465 e. The quantitative estimate of drug-likeness (QED) is 0.450. The third-order valence-electron chi connectivity index (χ3n) is 5.47. The first-order valence-electron chi connectivity index (χ1n) is 10.3. The molecule has 0 bridgehead atoms. The first kappa shape index (κ1) is 22.0. The van der Waals surface area contributed by atoms with Gasteiger partial charge in [0.25, 0.3) is 0 Å². The molecule has 6 heteroatoms. The molecule has 6 nitrogen and oxygen atoms in total. The van der Waals surface area contributed by atoms with E-state index >= 15 is 0 Å². The van der Waals surface area contributed by atoms with Gasteiger partial charge in [-0.15, -0.1) is 6.58 Å². The number of amides is 1. The van der Waals surface area contributed by atoms with Crippen LogP contribution in [0.15, 0.2) is 61.2 Å². The highest BCUT2D eigenvalue weighted by molar-refractivity contribution is 5.65. The number of hydrogen-bond donors (Lipinski definition) is 4. The number of hydrogen-bond acceptors (Lipinski definition) is 4. The minimum atomic E-state index is -1.14. The number of ether oxygens (including phenoxy) is 1. The van der Waals surface area contributed by atoms with Crippen LogP contribution in [0.4, 0.5) is 4.79 Å². The van der Waals surface area contributed by atoms with Crippen molar-refractivity contribution in [3.63, 3.8) is 0 Å². The van der Waals surface area contributed by atoms with Crippen molar-refractivity contribution in [2.45, 2.75) is 44.1 Å². The average Bonchev–Trinajstić information content (AvgIpc) is 3.07. The maximum absolute atomic E-state index is 11.2. The lowest BCUT2D eigenvalue weighted by molar-refractivity contribution is 0.0672. The number of aliphatic hydroxyl groups is 1. The van der Waals surface area contributed by atoms with E-state index in [1.54, 1.807) is 6.08 Å². The van der Waals surface area contributed by atoms with E-state index in [0.717, 1.165) is 17.5 Å². The zero-order valence-electron chi connectivity index (χ0n) is 17.3. The van der Waals surface area contributed by atoms with Gasteiger partial charge in [0.05, 0.1) is 24.9 Å². The van der Waals surface area contributed by atoms with Crippen LogP contribution in [-0.2, 0) is 11.2 Å². The Morgan fingerprint density at radius 3 is 2.73 bits per heavy atom. The van der Waals surface area contributed by atoms with E-state index in [0.29, 0.717) is 13.0 Å². The van der Waals surface area contributed by atoms with Gasteiger partial charge in [-0.3, -0.25) is 0 Å². The summed E-state index contributed by atoms with van der Waals surface area (Å²) >= 11 is 0. The van der Waals surface area contributed by atoms with Crippen LogP contribution in [-0.4, -0.2) is 41.6 Å². The molecule has 0 aromatic heterocycles. The second-order valence-corrected chi connectivity index (χ2v) is 7.75. The van der Waals surface area contributed by atoms with Crippen LogP contribution in [0.1, 0.15) is 40.8 Å². The Labute approximate surface area is 177 Å². The molecule has 0 aliphatic heterocycles. The van der Waals surface area contributed by atoms with Gasteiger partial charge in [0.1, 0.15) is 0 Å². The van der Waals surface area contributed by atoms with Gasteiger partial charge in [-0.1, -0.05) is 60.2 Å². The molecular formula is C24H30N2O4. The van der Waals surface area contributed by atoms with Crippen LogP contribution >= 0.6 is 0 Å². The Hall–Kier alpha value is -2.67. The number of fused-ring (bicyclic) bond motifs is 1. The molecule has 0 saturated carbocycles. The highest BCUT2D eigenvalue weighted by Crippen LogP contribution is 2.41. The van der Waals surface area contributed by atoms with Gasteiger partial charge in [0.2, 0.25) is 0 Å². The Morgan fingerprint density at radius 2 is 2.03 bits per heavy atom. The lowest BCUT2D eigenvalue weighted by Crippen LogP contribution is -2.48. The van der Waals surface area contributed by atoms with E-state index in [9.17, 15) is 15.0 Å². The third-order valence-corrected chi connectivity index (χ3v) is 5.47. The smallest absolute Gasteiger partial charge is 0.404 e. The van der Waals surface area contributed by atoms with Crippen molar-refractivity contribution in [1.29, 1.82) is 0 Å². The minimum Gasteiger partial charge on any atom is -0.465 e. The molecule has 0 fully saturated rings. The normalized spacial score (nSPS) is 19.7. The van der Waals surface area contributed by atoms with Crippen molar-refractivity contribution < 1.29 is 19.7 Å². The fourth-order valence-corrected chi connectivity index (χ4v) is 4.01. The van der Waals surface area contributed by atoms with Gasteiger partial charge < -0.3 is 25.6 Å². The second kappa shape index (κ2) is 10.4. The standard InChI is InChI=1S/C24H30N2O4/c1-3-11-30-23-14-20(19-12-16(2)9-10-18(19)23)25-15-22(27)21(26-24(28)29)13-17-7-5-4-6-8-17/h3-10,12,20-23,25-27H,1,11,13-15H2,2H3,(H,28,29)/t20-,21-,22-,23+/m0/s1. The van der Waals surface area contributed by atoms with Gasteiger partial charge in [0.15, 0.2) is 0 Å². The lowest BCUT2D eigenvalue weighted by Gasteiger charge is -2.25. The Balaban J connectivity index is 1.67. The molecule has 160 valence electrons. The molecule has 2 aromatic carbocycles.